The number of carbonyl (C=O) groups excluding carboxylic acids is 1. The van der Waals surface area contributed by atoms with Gasteiger partial charge in [0.2, 0.25) is 5.91 Å². The minimum Gasteiger partial charge on any atom is -0.480 e. The maximum Gasteiger partial charge on any atom is 0.393 e. The highest BCUT2D eigenvalue weighted by Crippen LogP contribution is 2.33. The Balaban J connectivity index is 2.67. The maximum atomic E-state index is 12.8. The molecule has 0 radical (unpaired) electrons. The van der Waals surface area contributed by atoms with Crippen molar-refractivity contribution in [2.45, 2.75) is 45.3 Å². The van der Waals surface area contributed by atoms with Crippen molar-refractivity contribution in [3.8, 4) is 0 Å². The highest BCUT2D eigenvalue weighted by Gasteiger charge is 2.42. The number of rotatable bonds is 6. The molecule has 0 aliphatic carbocycles. The lowest BCUT2D eigenvalue weighted by molar-refractivity contribution is -0.188. The average molecular weight is 324 g/mol. The second kappa shape index (κ2) is 7.80. The molecule has 5 nitrogen and oxygen atoms in total. The fourth-order valence-electron chi connectivity index (χ4n) is 2.54. The van der Waals surface area contributed by atoms with Crippen LogP contribution in [0.1, 0.15) is 33.1 Å². The van der Waals surface area contributed by atoms with E-state index in [9.17, 15) is 22.8 Å². The molecule has 1 aliphatic heterocycles. The molecule has 0 aromatic rings. The summed E-state index contributed by atoms with van der Waals surface area (Å²) in [6, 6.07) is -0.122. The summed E-state index contributed by atoms with van der Waals surface area (Å²) in [4.78, 5) is 25.8. The summed E-state index contributed by atoms with van der Waals surface area (Å²) < 4.78 is 38.3. The Bertz CT molecular complexity index is 401. The van der Waals surface area contributed by atoms with Gasteiger partial charge in [0.15, 0.2) is 0 Å². The summed E-state index contributed by atoms with van der Waals surface area (Å²) in [5.41, 5.74) is 0. The Morgan fingerprint density at radius 1 is 1.36 bits per heavy atom. The number of aliphatic carboxylic acids is 1. The second-order valence-electron chi connectivity index (χ2n) is 5.78. The SMILES string of the molecule is CC[C@@H](C)N(CC(=O)O)CC(=O)N1CCC[C@H](C(F)(F)F)C1. The van der Waals surface area contributed by atoms with Crippen LogP contribution in [0.4, 0.5) is 13.2 Å². The van der Waals surface area contributed by atoms with Crippen molar-refractivity contribution in [2.75, 3.05) is 26.2 Å². The number of hydrogen-bond acceptors (Lipinski definition) is 3. The van der Waals surface area contributed by atoms with Gasteiger partial charge in [0.05, 0.1) is 19.0 Å². The van der Waals surface area contributed by atoms with E-state index < -0.39 is 24.0 Å². The van der Waals surface area contributed by atoms with E-state index >= 15 is 0 Å². The van der Waals surface area contributed by atoms with Crippen molar-refractivity contribution in [1.29, 1.82) is 0 Å². The molecule has 0 aromatic heterocycles. The topological polar surface area (TPSA) is 60.9 Å². The van der Waals surface area contributed by atoms with Crippen LogP contribution in [0, 0.1) is 5.92 Å². The fourth-order valence-corrected chi connectivity index (χ4v) is 2.54. The fraction of sp³-hybridized carbons (Fsp3) is 0.857. The monoisotopic (exact) mass is 324 g/mol. The number of amides is 1. The van der Waals surface area contributed by atoms with Crippen LogP contribution >= 0.6 is 0 Å². The summed E-state index contributed by atoms with van der Waals surface area (Å²) in [5.74, 6) is -2.97. The Labute approximate surface area is 128 Å². The molecule has 8 heteroatoms. The highest BCUT2D eigenvalue weighted by atomic mass is 19.4. The summed E-state index contributed by atoms with van der Waals surface area (Å²) in [5, 5.41) is 8.88. The van der Waals surface area contributed by atoms with Crippen LogP contribution in [-0.4, -0.2) is 65.2 Å². The lowest BCUT2D eigenvalue weighted by Gasteiger charge is -2.35. The molecule has 1 rings (SSSR count). The third-order valence-electron chi connectivity index (χ3n) is 4.13. The average Bonchev–Trinajstić information content (AvgIpc) is 2.44. The van der Waals surface area contributed by atoms with E-state index in [1.165, 1.54) is 9.80 Å². The maximum absolute atomic E-state index is 12.8. The molecule has 1 saturated heterocycles. The molecule has 0 unspecified atom stereocenters. The van der Waals surface area contributed by atoms with Crippen LogP contribution < -0.4 is 0 Å². The van der Waals surface area contributed by atoms with Crippen LogP contribution in [0.15, 0.2) is 0 Å². The van der Waals surface area contributed by atoms with Crippen molar-refractivity contribution in [3.63, 3.8) is 0 Å². The number of alkyl halides is 3. The van der Waals surface area contributed by atoms with E-state index in [4.69, 9.17) is 5.11 Å². The lowest BCUT2D eigenvalue weighted by Crippen LogP contribution is -2.50. The molecule has 128 valence electrons. The van der Waals surface area contributed by atoms with Crippen LogP contribution in [-0.2, 0) is 9.59 Å². The molecule has 0 spiro atoms. The van der Waals surface area contributed by atoms with Gasteiger partial charge in [-0.1, -0.05) is 6.92 Å². The van der Waals surface area contributed by atoms with Gasteiger partial charge < -0.3 is 10.0 Å². The van der Waals surface area contributed by atoms with Crippen LogP contribution in [0.2, 0.25) is 0 Å². The Hall–Kier alpha value is -1.31. The van der Waals surface area contributed by atoms with Crippen LogP contribution in [0.3, 0.4) is 0 Å². The smallest absolute Gasteiger partial charge is 0.393 e. The van der Waals surface area contributed by atoms with Crippen molar-refractivity contribution in [3.05, 3.63) is 0 Å². The second-order valence-corrected chi connectivity index (χ2v) is 5.78. The molecule has 1 heterocycles. The first-order valence-electron chi connectivity index (χ1n) is 7.45. The Morgan fingerprint density at radius 3 is 2.50 bits per heavy atom. The number of hydrogen-bond donors (Lipinski definition) is 1. The standard InChI is InChI=1S/C14H23F3N2O3/c1-3-10(2)19(9-13(21)22)8-12(20)18-6-4-5-11(7-18)14(15,16)17/h10-11H,3-9H2,1-2H3,(H,21,22)/t10-,11+/m1/s1. The van der Waals surface area contributed by atoms with Gasteiger partial charge in [-0.05, 0) is 26.2 Å². The largest absolute Gasteiger partial charge is 0.480 e. The molecule has 0 saturated carbocycles. The number of halogens is 3. The molecule has 0 aromatic carbocycles. The number of carbonyl (C=O) groups is 2. The zero-order chi connectivity index (χ0) is 16.9. The number of likely N-dealkylation sites (tertiary alicyclic amines) is 1. The van der Waals surface area contributed by atoms with E-state index in [2.05, 4.69) is 0 Å². The van der Waals surface area contributed by atoms with E-state index in [-0.39, 0.29) is 32.1 Å². The summed E-state index contributed by atoms with van der Waals surface area (Å²) >= 11 is 0. The van der Waals surface area contributed by atoms with Gasteiger partial charge in [0.25, 0.3) is 0 Å². The van der Waals surface area contributed by atoms with Crippen molar-refractivity contribution >= 4 is 11.9 Å². The van der Waals surface area contributed by atoms with E-state index in [0.29, 0.717) is 19.4 Å². The summed E-state index contributed by atoms with van der Waals surface area (Å²) in [6.45, 7) is 3.18. The minimum absolute atomic E-state index is 0.0392. The summed E-state index contributed by atoms with van der Waals surface area (Å²) in [6.07, 6.45) is -3.28. The third-order valence-corrected chi connectivity index (χ3v) is 4.13. The van der Waals surface area contributed by atoms with Crippen LogP contribution in [0.25, 0.3) is 0 Å². The molecular formula is C14H23F3N2O3. The lowest BCUT2D eigenvalue weighted by atomic mass is 9.97. The number of piperidine rings is 1. The first-order valence-corrected chi connectivity index (χ1v) is 7.45. The van der Waals surface area contributed by atoms with Crippen molar-refractivity contribution in [2.24, 2.45) is 5.92 Å². The van der Waals surface area contributed by atoms with Gasteiger partial charge in [0, 0.05) is 19.1 Å². The molecule has 1 N–H and O–H groups in total. The Kier molecular flexibility index (Phi) is 6.65. The molecular weight excluding hydrogens is 301 g/mol. The van der Waals surface area contributed by atoms with Gasteiger partial charge in [-0.15, -0.1) is 0 Å². The van der Waals surface area contributed by atoms with Gasteiger partial charge in [0.1, 0.15) is 0 Å². The summed E-state index contributed by atoms with van der Waals surface area (Å²) in [7, 11) is 0. The molecule has 1 aliphatic rings. The molecule has 22 heavy (non-hydrogen) atoms. The van der Waals surface area contributed by atoms with Gasteiger partial charge in [-0.3, -0.25) is 14.5 Å². The highest BCUT2D eigenvalue weighted by molar-refractivity contribution is 5.79. The predicted octanol–water partition coefficient (Wildman–Crippen LogP) is 1.97. The van der Waals surface area contributed by atoms with Crippen molar-refractivity contribution in [1.82, 2.24) is 9.80 Å². The third kappa shape index (κ3) is 5.47. The zero-order valence-corrected chi connectivity index (χ0v) is 12.9. The number of carboxylic acid groups (broad SMARTS) is 1. The Morgan fingerprint density at radius 2 is 2.00 bits per heavy atom. The molecule has 2 atom stereocenters. The number of carboxylic acids is 1. The van der Waals surface area contributed by atoms with E-state index in [1.807, 2.05) is 6.92 Å². The minimum atomic E-state index is -4.30. The molecule has 1 amide bonds. The molecule has 1 fully saturated rings. The van der Waals surface area contributed by atoms with Gasteiger partial charge in [-0.2, -0.15) is 13.2 Å². The molecule has 0 bridgehead atoms. The first-order chi connectivity index (χ1) is 10.1. The van der Waals surface area contributed by atoms with E-state index in [0.717, 1.165) is 0 Å². The first kappa shape index (κ1) is 18.7. The zero-order valence-electron chi connectivity index (χ0n) is 12.9. The normalized spacial score (nSPS) is 21.0. The van der Waals surface area contributed by atoms with Gasteiger partial charge >= 0.3 is 12.1 Å². The van der Waals surface area contributed by atoms with Crippen LogP contribution in [0.5, 0.6) is 0 Å². The quantitative estimate of drug-likeness (QED) is 0.811. The number of nitrogens with zero attached hydrogens (tertiary/aromatic N) is 2. The van der Waals surface area contributed by atoms with E-state index in [1.54, 1.807) is 6.92 Å². The van der Waals surface area contributed by atoms with Crippen molar-refractivity contribution < 1.29 is 27.9 Å². The predicted molar refractivity (Wildman–Crippen MR) is 74.3 cm³/mol. The van der Waals surface area contributed by atoms with Gasteiger partial charge in [-0.25, -0.2) is 0 Å².